The maximum absolute atomic E-state index is 9.02. The van der Waals surface area contributed by atoms with Crippen molar-refractivity contribution in [1.82, 2.24) is 9.97 Å². The normalized spacial score (nSPS) is 10.9. The number of hydrogen-bond acceptors (Lipinski definition) is 5. The molecule has 0 bridgehead atoms. The molecule has 0 atom stereocenters. The molecule has 0 spiro atoms. The molecule has 0 aliphatic rings. The second-order valence-electron chi connectivity index (χ2n) is 4.25. The molecule has 0 unspecified atom stereocenters. The zero-order chi connectivity index (χ0) is 14.0. The number of nitrogen functional groups attached to an aromatic ring is 1. The van der Waals surface area contributed by atoms with Gasteiger partial charge in [0.05, 0.1) is 10.4 Å². The summed E-state index contributed by atoms with van der Waals surface area (Å²) in [6, 6.07) is 0. The highest BCUT2D eigenvalue weighted by atomic mass is 35.5. The van der Waals surface area contributed by atoms with Gasteiger partial charge < -0.3 is 10.8 Å². The van der Waals surface area contributed by atoms with Gasteiger partial charge in [-0.2, -0.15) is 4.57 Å². The van der Waals surface area contributed by atoms with Crippen LogP contribution < -0.4 is 10.3 Å². The van der Waals surface area contributed by atoms with E-state index in [-0.39, 0.29) is 6.61 Å². The fraction of sp³-hybridized carbons (Fsp3) is 0.417. The highest BCUT2D eigenvalue weighted by Crippen LogP contribution is 2.22. The predicted molar refractivity (Wildman–Crippen MR) is 75.3 cm³/mol. The van der Waals surface area contributed by atoms with Crippen LogP contribution in [0.3, 0.4) is 0 Å². The van der Waals surface area contributed by atoms with Gasteiger partial charge >= 0.3 is 4.47 Å². The number of thiazole rings is 1. The van der Waals surface area contributed by atoms with Crippen LogP contribution in [0, 0.1) is 13.8 Å². The number of hydrogen-bond donors (Lipinski definition) is 2. The Balaban J connectivity index is 2.33. The predicted octanol–water partition coefficient (Wildman–Crippen LogP) is 1.26. The molecule has 0 radical (unpaired) electrons. The highest BCUT2D eigenvalue weighted by Gasteiger charge is 2.22. The summed E-state index contributed by atoms with van der Waals surface area (Å²) in [5.74, 6) is 1.13. The first-order valence-corrected chi connectivity index (χ1v) is 7.08. The minimum Gasteiger partial charge on any atom is -0.396 e. The molecule has 0 amide bonds. The van der Waals surface area contributed by atoms with Crippen LogP contribution >= 0.6 is 22.9 Å². The maximum atomic E-state index is 9.02. The number of rotatable bonds is 4. The smallest absolute Gasteiger partial charge is 0.333 e. The Bertz CT molecular complexity index is 600. The SMILES string of the molecule is Cc1ncc(C[n+]2c(Cl)sc(CCO)c2C)c(N)n1. The van der Waals surface area contributed by atoms with Crippen LogP contribution in [0.2, 0.25) is 4.47 Å². The molecule has 0 aliphatic heterocycles. The van der Waals surface area contributed by atoms with E-state index in [2.05, 4.69) is 9.97 Å². The largest absolute Gasteiger partial charge is 0.396 e. The number of nitrogens with two attached hydrogens (primary N) is 1. The molecule has 102 valence electrons. The lowest BCUT2D eigenvalue weighted by Crippen LogP contribution is -2.37. The molecule has 7 heteroatoms. The van der Waals surface area contributed by atoms with Crippen molar-refractivity contribution in [3.63, 3.8) is 0 Å². The molecule has 2 aromatic heterocycles. The molecule has 0 fully saturated rings. The van der Waals surface area contributed by atoms with Crippen LogP contribution in [-0.4, -0.2) is 21.7 Å². The standard InChI is InChI=1S/C12H16ClN4OS/c1-7-10(3-4-18)19-12(13)17(7)6-9-5-15-8(2)16-11(9)14/h5,18H,3-4,6H2,1-2H3,(H2,14,15,16)/q+1. The summed E-state index contributed by atoms with van der Waals surface area (Å²) in [7, 11) is 0. The molecule has 0 saturated carbocycles. The fourth-order valence-corrected chi connectivity index (χ4v) is 3.26. The van der Waals surface area contributed by atoms with E-state index in [0.29, 0.717) is 29.1 Å². The van der Waals surface area contributed by atoms with Crippen molar-refractivity contribution < 1.29 is 9.67 Å². The van der Waals surface area contributed by atoms with E-state index in [4.69, 9.17) is 22.4 Å². The summed E-state index contributed by atoms with van der Waals surface area (Å²) in [4.78, 5) is 9.38. The second kappa shape index (κ2) is 5.81. The van der Waals surface area contributed by atoms with E-state index in [1.54, 1.807) is 13.1 Å². The Morgan fingerprint density at radius 1 is 1.47 bits per heavy atom. The number of aryl methyl sites for hydroxylation is 1. The molecule has 0 aliphatic carbocycles. The van der Waals surface area contributed by atoms with Crippen LogP contribution in [0.25, 0.3) is 0 Å². The first-order valence-electron chi connectivity index (χ1n) is 5.89. The molecule has 0 saturated heterocycles. The van der Waals surface area contributed by atoms with Gasteiger partial charge in [0.1, 0.15) is 11.6 Å². The number of anilines is 1. The van der Waals surface area contributed by atoms with E-state index in [0.717, 1.165) is 16.1 Å². The van der Waals surface area contributed by atoms with E-state index >= 15 is 0 Å². The Labute approximate surface area is 120 Å². The van der Waals surface area contributed by atoms with Gasteiger partial charge in [0.25, 0.3) is 0 Å². The minimum absolute atomic E-state index is 0.119. The Morgan fingerprint density at radius 3 is 2.84 bits per heavy atom. The van der Waals surface area contributed by atoms with Crippen molar-refractivity contribution >= 4 is 28.8 Å². The average Bonchev–Trinajstić information content (AvgIpc) is 2.60. The molecule has 2 aromatic rings. The van der Waals surface area contributed by atoms with Gasteiger partial charge in [-0.1, -0.05) is 11.3 Å². The van der Waals surface area contributed by atoms with Crippen LogP contribution in [0.15, 0.2) is 6.20 Å². The van der Waals surface area contributed by atoms with Crippen LogP contribution in [0.1, 0.15) is 22.0 Å². The third-order valence-electron chi connectivity index (χ3n) is 2.91. The first-order chi connectivity index (χ1) is 9.02. The monoisotopic (exact) mass is 299 g/mol. The van der Waals surface area contributed by atoms with Gasteiger partial charge in [0.15, 0.2) is 12.2 Å². The van der Waals surface area contributed by atoms with Crippen molar-refractivity contribution in [2.45, 2.75) is 26.8 Å². The first kappa shape index (κ1) is 14.2. The summed E-state index contributed by atoms with van der Waals surface area (Å²) in [5, 5.41) is 9.02. The van der Waals surface area contributed by atoms with Crippen molar-refractivity contribution in [1.29, 1.82) is 0 Å². The van der Waals surface area contributed by atoms with Crippen molar-refractivity contribution in [2.24, 2.45) is 0 Å². The quantitative estimate of drug-likeness (QED) is 0.834. The molecule has 2 heterocycles. The molecule has 0 aromatic carbocycles. The summed E-state index contributed by atoms with van der Waals surface area (Å²) >= 11 is 7.72. The minimum atomic E-state index is 0.119. The molecular formula is C12H16ClN4OS+. The molecule has 2 rings (SSSR count). The number of aromatic nitrogens is 3. The Kier molecular flexibility index (Phi) is 4.34. The van der Waals surface area contributed by atoms with E-state index < -0.39 is 0 Å². The number of nitrogens with zero attached hydrogens (tertiary/aromatic N) is 3. The fourth-order valence-electron chi connectivity index (χ4n) is 1.83. The summed E-state index contributed by atoms with van der Waals surface area (Å²) in [6.07, 6.45) is 2.34. The number of aliphatic hydroxyl groups excluding tert-OH is 1. The summed E-state index contributed by atoms with van der Waals surface area (Å²) < 4.78 is 2.63. The van der Waals surface area contributed by atoms with E-state index in [9.17, 15) is 0 Å². The zero-order valence-corrected chi connectivity index (χ0v) is 12.4. The van der Waals surface area contributed by atoms with Crippen LogP contribution in [0.5, 0.6) is 0 Å². The van der Waals surface area contributed by atoms with Crippen molar-refractivity contribution in [3.8, 4) is 0 Å². The maximum Gasteiger partial charge on any atom is 0.333 e. The molecule has 5 nitrogen and oxygen atoms in total. The molecule has 3 N–H and O–H groups in total. The topological polar surface area (TPSA) is 75.9 Å². The average molecular weight is 300 g/mol. The number of halogens is 1. The Hall–Kier alpha value is -1.24. The van der Waals surface area contributed by atoms with E-state index in [1.807, 2.05) is 11.5 Å². The summed E-state index contributed by atoms with van der Waals surface area (Å²) in [5.41, 5.74) is 7.78. The van der Waals surface area contributed by atoms with Gasteiger partial charge in [0, 0.05) is 37.7 Å². The van der Waals surface area contributed by atoms with Crippen LogP contribution in [-0.2, 0) is 13.0 Å². The lowest BCUT2D eigenvalue weighted by molar-refractivity contribution is -0.687. The van der Waals surface area contributed by atoms with Crippen molar-refractivity contribution in [2.75, 3.05) is 12.3 Å². The molecular weight excluding hydrogens is 284 g/mol. The summed E-state index contributed by atoms with van der Waals surface area (Å²) in [6.45, 7) is 4.44. The third-order valence-corrected chi connectivity index (χ3v) is 4.48. The number of aliphatic hydroxyl groups is 1. The van der Waals surface area contributed by atoms with Gasteiger partial charge in [-0.05, 0) is 6.92 Å². The lowest BCUT2D eigenvalue weighted by atomic mass is 10.2. The molecule has 19 heavy (non-hydrogen) atoms. The highest BCUT2D eigenvalue weighted by molar-refractivity contribution is 7.15. The van der Waals surface area contributed by atoms with Gasteiger partial charge in [-0.15, -0.1) is 0 Å². The van der Waals surface area contributed by atoms with E-state index in [1.165, 1.54) is 11.3 Å². The second-order valence-corrected chi connectivity index (χ2v) is 5.92. The van der Waals surface area contributed by atoms with Crippen molar-refractivity contribution in [3.05, 3.63) is 32.6 Å². The lowest BCUT2D eigenvalue weighted by Gasteiger charge is -2.02. The van der Waals surface area contributed by atoms with Gasteiger partial charge in [-0.3, -0.25) is 0 Å². The Morgan fingerprint density at radius 2 is 2.21 bits per heavy atom. The third kappa shape index (κ3) is 3.02. The van der Waals surface area contributed by atoms with Gasteiger partial charge in [0.2, 0.25) is 0 Å². The van der Waals surface area contributed by atoms with Crippen LogP contribution in [0.4, 0.5) is 5.82 Å². The van der Waals surface area contributed by atoms with Gasteiger partial charge in [-0.25, -0.2) is 9.97 Å². The zero-order valence-electron chi connectivity index (χ0n) is 10.9.